The molecule has 98 valence electrons. The molecule has 0 atom stereocenters. The largest absolute Gasteiger partial charge is 0.336 e. The van der Waals surface area contributed by atoms with E-state index in [0.29, 0.717) is 12.2 Å². The van der Waals surface area contributed by atoms with Crippen molar-refractivity contribution in [1.82, 2.24) is 5.32 Å². The highest BCUT2D eigenvalue weighted by Gasteiger charge is 2.13. The molecule has 0 radical (unpaired) electrons. The first-order valence-electron chi connectivity index (χ1n) is 5.36. The van der Waals surface area contributed by atoms with Gasteiger partial charge in [0.15, 0.2) is 0 Å². The number of nitro groups is 1. The lowest BCUT2D eigenvalue weighted by Crippen LogP contribution is -2.46. The van der Waals surface area contributed by atoms with Crippen LogP contribution in [0.25, 0.3) is 0 Å². The van der Waals surface area contributed by atoms with Crippen molar-refractivity contribution in [1.29, 1.82) is 0 Å². The summed E-state index contributed by atoms with van der Waals surface area (Å²) in [5.74, 6) is 0. The number of urea groups is 1. The van der Waals surface area contributed by atoms with Gasteiger partial charge >= 0.3 is 6.03 Å². The van der Waals surface area contributed by atoms with Gasteiger partial charge in [-0.3, -0.25) is 10.1 Å². The summed E-state index contributed by atoms with van der Waals surface area (Å²) in [6.07, 6.45) is 0. The fourth-order valence-corrected chi connectivity index (χ4v) is 1.18. The summed E-state index contributed by atoms with van der Waals surface area (Å²) in [5, 5.41) is 15.6. The van der Waals surface area contributed by atoms with Crippen LogP contribution in [0.2, 0.25) is 0 Å². The maximum Gasteiger partial charge on any atom is 0.319 e. The predicted molar refractivity (Wildman–Crippen MR) is 68.4 cm³/mol. The fourth-order valence-electron chi connectivity index (χ4n) is 1.18. The van der Waals surface area contributed by atoms with E-state index in [-0.39, 0.29) is 5.69 Å². The van der Waals surface area contributed by atoms with Crippen molar-refractivity contribution in [3.8, 4) is 0 Å². The molecule has 1 aromatic carbocycles. The van der Waals surface area contributed by atoms with Gasteiger partial charge in [0, 0.05) is 29.9 Å². The van der Waals surface area contributed by atoms with E-state index >= 15 is 0 Å². The molecule has 0 aliphatic heterocycles. The number of nitrogens with one attached hydrogen (secondary N) is 2. The van der Waals surface area contributed by atoms with Crippen molar-refractivity contribution < 1.29 is 9.72 Å². The highest BCUT2D eigenvalue weighted by Crippen LogP contribution is 2.16. The molecule has 0 aliphatic rings. The quantitative estimate of drug-likeness (QED) is 0.556. The summed E-state index contributed by atoms with van der Waals surface area (Å²) in [7, 11) is 0. The zero-order valence-corrected chi connectivity index (χ0v) is 10.3. The summed E-state index contributed by atoms with van der Waals surface area (Å²) in [6.45, 7) is 3.86. The number of carbonyl (C=O) groups is 1. The molecule has 0 heterocycles. The highest BCUT2D eigenvalue weighted by atomic mass is 16.6. The molecular weight excluding hydrogens is 236 g/mol. The molecule has 2 amide bonds. The average molecular weight is 252 g/mol. The summed E-state index contributed by atoms with van der Waals surface area (Å²) >= 11 is 0. The van der Waals surface area contributed by atoms with Crippen LogP contribution in [-0.2, 0) is 0 Å². The molecule has 7 heteroatoms. The average Bonchev–Trinajstić information content (AvgIpc) is 2.26. The number of non-ortho nitro benzene ring substituents is 1. The Bertz CT molecular complexity index is 454. The van der Waals surface area contributed by atoms with E-state index in [2.05, 4.69) is 10.6 Å². The number of nitrogens with zero attached hydrogens (tertiary/aromatic N) is 1. The highest BCUT2D eigenvalue weighted by molar-refractivity contribution is 5.89. The first kappa shape index (κ1) is 13.9. The minimum Gasteiger partial charge on any atom is -0.336 e. The van der Waals surface area contributed by atoms with Gasteiger partial charge in [0.25, 0.3) is 5.69 Å². The Hall–Kier alpha value is -2.15. The number of hydrogen-bond donors (Lipinski definition) is 3. The number of nitro benzene ring substituents is 1. The van der Waals surface area contributed by atoms with Crippen molar-refractivity contribution >= 4 is 17.4 Å². The van der Waals surface area contributed by atoms with Crippen LogP contribution in [0.3, 0.4) is 0 Å². The van der Waals surface area contributed by atoms with E-state index in [9.17, 15) is 14.9 Å². The zero-order valence-electron chi connectivity index (χ0n) is 10.3. The van der Waals surface area contributed by atoms with Crippen LogP contribution in [0, 0.1) is 10.1 Å². The van der Waals surface area contributed by atoms with Gasteiger partial charge in [-0.25, -0.2) is 4.79 Å². The van der Waals surface area contributed by atoms with Gasteiger partial charge < -0.3 is 16.4 Å². The summed E-state index contributed by atoms with van der Waals surface area (Å²) in [5.41, 5.74) is 5.48. The van der Waals surface area contributed by atoms with Crippen LogP contribution in [0.15, 0.2) is 24.3 Å². The Morgan fingerprint density at radius 3 is 2.72 bits per heavy atom. The van der Waals surface area contributed by atoms with Gasteiger partial charge in [0.05, 0.1) is 4.92 Å². The van der Waals surface area contributed by atoms with Crippen molar-refractivity contribution in [2.24, 2.45) is 5.73 Å². The smallest absolute Gasteiger partial charge is 0.319 e. The second-order valence-electron chi connectivity index (χ2n) is 4.60. The maximum absolute atomic E-state index is 11.5. The second-order valence-corrected chi connectivity index (χ2v) is 4.60. The van der Waals surface area contributed by atoms with Crippen LogP contribution in [0.1, 0.15) is 13.8 Å². The third-order valence-electron chi connectivity index (χ3n) is 2.02. The number of rotatable bonds is 4. The van der Waals surface area contributed by atoms with Gasteiger partial charge in [-0.1, -0.05) is 6.07 Å². The van der Waals surface area contributed by atoms with E-state index in [1.807, 2.05) is 0 Å². The molecule has 4 N–H and O–H groups in total. The van der Waals surface area contributed by atoms with E-state index in [1.54, 1.807) is 19.9 Å². The van der Waals surface area contributed by atoms with Gasteiger partial charge in [0.2, 0.25) is 0 Å². The molecule has 0 spiro atoms. The third-order valence-corrected chi connectivity index (χ3v) is 2.02. The molecule has 0 unspecified atom stereocenters. The molecule has 7 nitrogen and oxygen atoms in total. The van der Waals surface area contributed by atoms with Crippen LogP contribution >= 0.6 is 0 Å². The first-order chi connectivity index (χ1) is 8.28. The van der Waals surface area contributed by atoms with Crippen LogP contribution in [0.5, 0.6) is 0 Å². The molecular formula is C11H16N4O3. The van der Waals surface area contributed by atoms with Crippen molar-refractivity contribution in [3.63, 3.8) is 0 Å². The Labute approximate surface area is 105 Å². The number of nitrogens with two attached hydrogens (primary N) is 1. The molecule has 0 saturated carbocycles. The lowest BCUT2D eigenvalue weighted by atomic mass is 10.1. The lowest BCUT2D eigenvalue weighted by Gasteiger charge is -2.19. The molecule has 0 saturated heterocycles. The number of amides is 2. The van der Waals surface area contributed by atoms with Gasteiger partial charge in [0.1, 0.15) is 0 Å². The number of hydrogen-bond acceptors (Lipinski definition) is 4. The van der Waals surface area contributed by atoms with Crippen molar-refractivity contribution in [2.75, 3.05) is 11.9 Å². The maximum atomic E-state index is 11.5. The summed E-state index contributed by atoms with van der Waals surface area (Å²) in [6, 6.07) is 5.26. The number of carbonyl (C=O) groups excluding carboxylic acids is 1. The normalized spacial score (nSPS) is 10.8. The van der Waals surface area contributed by atoms with E-state index < -0.39 is 16.5 Å². The van der Waals surface area contributed by atoms with Gasteiger partial charge in [-0.15, -0.1) is 0 Å². The molecule has 18 heavy (non-hydrogen) atoms. The standard InChI is InChI=1S/C11H16N4O3/c1-11(2,12)7-13-10(16)14-8-4-3-5-9(6-8)15(17)18/h3-6H,7,12H2,1-2H3,(H2,13,14,16). The molecule has 1 aromatic rings. The molecule has 0 aromatic heterocycles. The van der Waals surface area contributed by atoms with E-state index in [0.717, 1.165) is 0 Å². The zero-order chi connectivity index (χ0) is 13.8. The molecule has 0 aliphatic carbocycles. The van der Waals surface area contributed by atoms with E-state index in [1.165, 1.54) is 18.2 Å². The Kier molecular flexibility index (Phi) is 4.22. The minimum atomic E-state index is -0.522. The SMILES string of the molecule is CC(C)(N)CNC(=O)Nc1cccc([N+](=O)[O-])c1. The van der Waals surface area contributed by atoms with Crippen molar-refractivity contribution in [3.05, 3.63) is 34.4 Å². The third kappa shape index (κ3) is 4.79. The lowest BCUT2D eigenvalue weighted by molar-refractivity contribution is -0.384. The monoisotopic (exact) mass is 252 g/mol. The number of benzene rings is 1. The molecule has 0 bridgehead atoms. The predicted octanol–water partition coefficient (Wildman–Crippen LogP) is 1.45. The second kappa shape index (κ2) is 5.46. The van der Waals surface area contributed by atoms with Crippen LogP contribution in [0.4, 0.5) is 16.2 Å². The van der Waals surface area contributed by atoms with Crippen LogP contribution in [-0.4, -0.2) is 23.0 Å². The Morgan fingerprint density at radius 1 is 1.50 bits per heavy atom. The van der Waals surface area contributed by atoms with Crippen molar-refractivity contribution in [2.45, 2.75) is 19.4 Å². The first-order valence-corrected chi connectivity index (χ1v) is 5.36. The van der Waals surface area contributed by atoms with E-state index in [4.69, 9.17) is 5.73 Å². The van der Waals surface area contributed by atoms with Gasteiger partial charge in [-0.05, 0) is 19.9 Å². The molecule has 1 rings (SSSR count). The Morgan fingerprint density at radius 2 is 2.17 bits per heavy atom. The molecule has 0 fully saturated rings. The minimum absolute atomic E-state index is 0.0769. The van der Waals surface area contributed by atoms with Crippen LogP contribution < -0.4 is 16.4 Å². The summed E-state index contributed by atoms with van der Waals surface area (Å²) in [4.78, 5) is 21.5. The summed E-state index contributed by atoms with van der Waals surface area (Å²) < 4.78 is 0. The fraction of sp³-hybridized carbons (Fsp3) is 0.364. The Balaban J connectivity index is 2.59. The topological polar surface area (TPSA) is 110 Å². The van der Waals surface area contributed by atoms with Gasteiger partial charge in [-0.2, -0.15) is 0 Å². The number of anilines is 1.